The molecule has 0 aliphatic heterocycles. The molecule has 1 unspecified atom stereocenters. The van der Waals surface area contributed by atoms with Gasteiger partial charge in [-0.1, -0.05) is 41.4 Å². The van der Waals surface area contributed by atoms with Crippen molar-refractivity contribution in [3.05, 3.63) is 75.3 Å². The molecule has 0 saturated heterocycles. The van der Waals surface area contributed by atoms with Crippen molar-refractivity contribution < 1.29 is 14.4 Å². The standard InChI is InChI=1S/C24H26ClN5O3S/c1-13-5-7-14(8-6-13)19(22(32)28-24(2,3)4)30(16-11-9-15(25)10-12-16)23(33)20-17(26)18(21(27)31)29-34-20/h5-12,19H,26H2,1-4H3,(H2,27,31)(H,28,32). The molecule has 1 heterocycles. The van der Waals surface area contributed by atoms with Crippen LogP contribution in [0.2, 0.25) is 5.02 Å². The second-order valence-corrected chi connectivity index (χ2v) is 10.1. The lowest BCUT2D eigenvalue weighted by Crippen LogP contribution is -2.49. The molecule has 3 aromatic rings. The zero-order valence-corrected chi connectivity index (χ0v) is 20.8. The predicted molar refractivity (Wildman–Crippen MR) is 135 cm³/mol. The summed E-state index contributed by atoms with van der Waals surface area (Å²) in [6, 6.07) is 12.8. The van der Waals surface area contributed by atoms with Gasteiger partial charge in [0.25, 0.3) is 11.8 Å². The van der Waals surface area contributed by atoms with Crippen LogP contribution in [0.5, 0.6) is 0 Å². The van der Waals surface area contributed by atoms with E-state index in [1.54, 1.807) is 36.4 Å². The molecule has 0 spiro atoms. The molecule has 2 aromatic carbocycles. The number of aromatic nitrogens is 1. The van der Waals surface area contributed by atoms with Crippen molar-refractivity contribution in [2.75, 3.05) is 10.6 Å². The first-order valence-corrected chi connectivity index (χ1v) is 11.6. The molecule has 0 aliphatic rings. The van der Waals surface area contributed by atoms with Crippen LogP contribution in [-0.4, -0.2) is 27.6 Å². The monoisotopic (exact) mass is 499 g/mol. The third-order valence-corrected chi connectivity index (χ3v) is 5.98. The molecule has 0 bridgehead atoms. The van der Waals surface area contributed by atoms with Gasteiger partial charge in [-0.3, -0.25) is 19.3 Å². The minimum Gasteiger partial charge on any atom is -0.395 e. The van der Waals surface area contributed by atoms with E-state index in [1.165, 1.54) is 4.90 Å². The van der Waals surface area contributed by atoms with Gasteiger partial charge >= 0.3 is 0 Å². The number of nitrogens with zero attached hydrogens (tertiary/aromatic N) is 2. The zero-order chi connectivity index (χ0) is 25.2. The highest BCUT2D eigenvalue weighted by atomic mass is 35.5. The summed E-state index contributed by atoms with van der Waals surface area (Å²) in [6.07, 6.45) is 0. The predicted octanol–water partition coefficient (Wildman–Crippen LogP) is 4.09. The average Bonchev–Trinajstić information content (AvgIpc) is 3.13. The molecular formula is C24H26ClN5O3S. The van der Waals surface area contributed by atoms with Crippen LogP contribution < -0.4 is 21.7 Å². The van der Waals surface area contributed by atoms with E-state index in [1.807, 2.05) is 39.8 Å². The average molecular weight is 500 g/mol. The second-order valence-electron chi connectivity index (χ2n) is 8.84. The lowest BCUT2D eigenvalue weighted by atomic mass is 9.99. The molecule has 1 aromatic heterocycles. The maximum atomic E-state index is 13.9. The summed E-state index contributed by atoms with van der Waals surface area (Å²) < 4.78 is 3.95. The number of carbonyl (C=O) groups excluding carboxylic acids is 3. The van der Waals surface area contributed by atoms with Gasteiger partial charge < -0.3 is 16.8 Å². The number of hydrogen-bond acceptors (Lipinski definition) is 6. The normalized spacial score (nSPS) is 12.1. The van der Waals surface area contributed by atoms with Crippen LogP contribution in [0.1, 0.15) is 58.1 Å². The van der Waals surface area contributed by atoms with Crippen LogP contribution in [0.15, 0.2) is 48.5 Å². The second kappa shape index (κ2) is 9.82. The van der Waals surface area contributed by atoms with Crippen molar-refractivity contribution in [3.63, 3.8) is 0 Å². The Kier molecular flexibility index (Phi) is 7.28. The van der Waals surface area contributed by atoms with Gasteiger partial charge in [0.2, 0.25) is 5.91 Å². The summed E-state index contributed by atoms with van der Waals surface area (Å²) in [6.45, 7) is 7.49. The first-order valence-electron chi connectivity index (χ1n) is 10.4. The largest absolute Gasteiger partial charge is 0.395 e. The Morgan fingerprint density at radius 2 is 1.65 bits per heavy atom. The molecule has 5 N–H and O–H groups in total. The molecule has 0 radical (unpaired) electrons. The van der Waals surface area contributed by atoms with Gasteiger partial charge in [-0.2, -0.15) is 4.37 Å². The quantitative estimate of drug-likeness (QED) is 0.470. The van der Waals surface area contributed by atoms with E-state index >= 15 is 0 Å². The highest BCUT2D eigenvalue weighted by Crippen LogP contribution is 2.34. The highest BCUT2D eigenvalue weighted by molar-refractivity contribution is 7.09. The number of benzene rings is 2. The minimum atomic E-state index is -1.05. The summed E-state index contributed by atoms with van der Waals surface area (Å²) >= 11 is 6.83. The van der Waals surface area contributed by atoms with E-state index < -0.39 is 29.3 Å². The smallest absolute Gasteiger partial charge is 0.273 e. The fraction of sp³-hybridized carbons (Fsp3) is 0.250. The Labute approximate surface area is 207 Å². The molecule has 0 aliphatic carbocycles. The van der Waals surface area contributed by atoms with Gasteiger partial charge in [-0.05, 0) is 69.1 Å². The Morgan fingerprint density at radius 1 is 1.06 bits per heavy atom. The third kappa shape index (κ3) is 5.55. The first kappa shape index (κ1) is 25.2. The Bertz CT molecular complexity index is 1220. The third-order valence-electron chi connectivity index (χ3n) is 4.88. The van der Waals surface area contributed by atoms with Crippen LogP contribution in [-0.2, 0) is 4.79 Å². The van der Waals surface area contributed by atoms with Crippen molar-refractivity contribution in [1.82, 2.24) is 9.69 Å². The molecule has 1 atom stereocenters. The Hall–Kier alpha value is -3.43. The maximum Gasteiger partial charge on any atom is 0.273 e. The van der Waals surface area contributed by atoms with Gasteiger partial charge in [0.15, 0.2) is 5.69 Å². The van der Waals surface area contributed by atoms with Crippen molar-refractivity contribution in [2.24, 2.45) is 5.73 Å². The molecule has 3 rings (SSSR count). The van der Waals surface area contributed by atoms with E-state index in [4.69, 9.17) is 23.1 Å². The number of aryl methyl sites for hydroxylation is 1. The lowest BCUT2D eigenvalue weighted by molar-refractivity contribution is -0.123. The van der Waals surface area contributed by atoms with Crippen LogP contribution >= 0.6 is 23.1 Å². The first-order chi connectivity index (χ1) is 15.9. The molecule has 178 valence electrons. The van der Waals surface area contributed by atoms with E-state index in [9.17, 15) is 14.4 Å². The number of halogens is 1. The number of anilines is 2. The van der Waals surface area contributed by atoms with E-state index in [-0.39, 0.29) is 16.3 Å². The summed E-state index contributed by atoms with van der Waals surface area (Å²) in [5.74, 6) is -1.83. The van der Waals surface area contributed by atoms with Crippen LogP contribution in [0, 0.1) is 6.92 Å². The summed E-state index contributed by atoms with van der Waals surface area (Å²) in [7, 11) is 0. The summed E-state index contributed by atoms with van der Waals surface area (Å²) in [5, 5.41) is 3.43. The molecular weight excluding hydrogens is 474 g/mol. The van der Waals surface area contributed by atoms with E-state index in [0.717, 1.165) is 17.1 Å². The van der Waals surface area contributed by atoms with Gasteiger partial charge in [0.05, 0.1) is 5.69 Å². The summed E-state index contributed by atoms with van der Waals surface area (Å²) in [5.41, 5.74) is 12.5. The SMILES string of the molecule is Cc1ccc(C(C(=O)NC(C)(C)C)N(C(=O)c2snc(C(N)=O)c2N)c2ccc(Cl)cc2)cc1. The van der Waals surface area contributed by atoms with Crippen molar-refractivity contribution in [3.8, 4) is 0 Å². The molecule has 3 amide bonds. The Morgan fingerprint density at radius 3 is 2.15 bits per heavy atom. The molecule has 10 heteroatoms. The minimum absolute atomic E-state index is 0.00409. The molecule has 8 nitrogen and oxygen atoms in total. The lowest BCUT2D eigenvalue weighted by Gasteiger charge is -2.33. The molecule has 34 heavy (non-hydrogen) atoms. The number of nitrogens with two attached hydrogens (primary N) is 2. The molecule has 0 saturated carbocycles. The van der Waals surface area contributed by atoms with Gasteiger partial charge in [0.1, 0.15) is 10.9 Å². The van der Waals surface area contributed by atoms with Crippen molar-refractivity contribution >= 4 is 52.2 Å². The summed E-state index contributed by atoms with van der Waals surface area (Å²) in [4.78, 5) is 40.5. The van der Waals surface area contributed by atoms with Gasteiger partial charge in [0, 0.05) is 16.2 Å². The number of nitrogen functional groups attached to an aromatic ring is 1. The van der Waals surface area contributed by atoms with Crippen LogP contribution in [0.3, 0.4) is 0 Å². The number of hydrogen-bond donors (Lipinski definition) is 3. The Balaban J connectivity index is 2.22. The van der Waals surface area contributed by atoms with Crippen molar-refractivity contribution in [2.45, 2.75) is 39.3 Å². The van der Waals surface area contributed by atoms with Gasteiger partial charge in [-0.15, -0.1) is 0 Å². The van der Waals surface area contributed by atoms with Crippen molar-refractivity contribution in [1.29, 1.82) is 0 Å². The number of primary amides is 1. The fourth-order valence-electron chi connectivity index (χ4n) is 3.33. The number of rotatable bonds is 6. The van der Waals surface area contributed by atoms with E-state index in [0.29, 0.717) is 16.3 Å². The maximum absolute atomic E-state index is 13.9. The van der Waals surface area contributed by atoms with Crippen LogP contribution in [0.4, 0.5) is 11.4 Å². The van der Waals surface area contributed by atoms with Crippen LogP contribution in [0.25, 0.3) is 0 Å². The number of nitrogens with one attached hydrogen (secondary N) is 1. The highest BCUT2D eigenvalue weighted by Gasteiger charge is 2.37. The van der Waals surface area contributed by atoms with Gasteiger partial charge in [-0.25, -0.2) is 0 Å². The fourth-order valence-corrected chi connectivity index (χ4v) is 4.20. The number of carbonyl (C=O) groups is 3. The molecule has 0 fully saturated rings. The number of amides is 3. The zero-order valence-electron chi connectivity index (χ0n) is 19.3. The van der Waals surface area contributed by atoms with E-state index in [2.05, 4.69) is 9.69 Å². The topological polar surface area (TPSA) is 131 Å².